The summed E-state index contributed by atoms with van der Waals surface area (Å²) in [7, 11) is 0. The summed E-state index contributed by atoms with van der Waals surface area (Å²) in [5, 5.41) is 26.3. The van der Waals surface area contributed by atoms with E-state index in [2.05, 4.69) is 31.4 Å². The van der Waals surface area contributed by atoms with E-state index in [1.54, 1.807) is 27.7 Å². The average Bonchev–Trinajstić information content (AvgIpc) is 2.84. The number of aliphatic hydroxyl groups is 1. The van der Waals surface area contributed by atoms with Crippen LogP contribution in [0.3, 0.4) is 0 Å². The number of aliphatic hydroxyl groups excluding tert-OH is 1. The van der Waals surface area contributed by atoms with Crippen LogP contribution in [0.25, 0.3) is 0 Å². The molecule has 1 aromatic rings. The van der Waals surface area contributed by atoms with Crippen molar-refractivity contribution < 1.29 is 34.1 Å². The summed E-state index contributed by atoms with van der Waals surface area (Å²) in [6.45, 7) is 19.7. The zero-order valence-corrected chi connectivity index (χ0v) is 27.5. The van der Waals surface area contributed by atoms with Crippen LogP contribution in [0, 0.1) is 17.8 Å². The maximum absolute atomic E-state index is 12.8. The van der Waals surface area contributed by atoms with E-state index in [4.69, 9.17) is 9.47 Å². The lowest BCUT2D eigenvalue weighted by Gasteiger charge is -2.32. The molecule has 2 amide bonds. The predicted octanol–water partition coefficient (Wildman–Crippen LogP) is 5.85. The third-order valence-electron chi connectivity index (χ3n) is 7.24. The van der Waals surface area contributed by atoms with Crippen molar-refractivity contribution in [2.45, 2.75) is 125 Å². The van der Waals surface area contributed by atoms with E-state index < -0.39 is 42.3 Å². The van der Waals surface area contributed by atoms with E-state index in [9.17, 15) is 24.6 Å². The van der Waals surface area contributed by atoms with E-state index in [1.807, 2.05) is 39.0 Å². The highest BCUT2D eigenvalue weighted by Crippen LogP contribution is 2.34. The molecule has 42 heavy (non-hydrogen) atoms. The van der Waals surface area contributed by atoms with Gasteiger partial charge in [0, 0.05) is 12.5 Å². The molecule has 1 rings (SSSR count). The summed E-state index contributed by atoms with van der Waals surface area (Å²) >= 11 is 0. The molecule has 9 nitrogen and oxygen atoms in total. The fraction of sp³-hybridized carbons (Fsp3) is 0.727. The van der Waals surface area contributed by atoms with Crippen LogP contribution in [0.2, 0.25) is 0 Å². The number of benzene rings is 1. The highest BCUT2D eigenvalue weighted by Gasteiger charge is 2.31. The molecule has 0 saturated heterocycles. The van der Waals surface area contributed by atoms with E-state index in [0.717, 1.165) is 24.0 Å². The molecule has 0 aliphatic carbocycles. The van der Waals surface area contributed by atoms with Crippen LogP contribution in [0.4, 0.5) is 4.79 Å². The number of carboxylic acids is 1. The number of carbonyl (C=O) groups excluding carboxylic acids is 2. The van der Waals surface area contributed by atoms with Gasteiger partial charge in [-0.25, -0.2) is 9.59 Å². The molecular weight excluding hydrogens is 536 g/mol. The van der Waals surface area contributed by atoms with Crippen molar-refractivity contribution in [1.82, 2.24) is 10.6 Å². The van der Waals surface area contributed by atoms with Gasteiger partial charge in [-0.1, -0.05) is 67.0 Å². The van der Waals surface area contributed by atoms with Crippen molar-refractivity contribution in [2.75, 3.05) is 13.2 Å². The highest BCUT2D eigenvalue weighted by molar-refractivity contribution is 5.78. The van der Waals surface area contributed by atoms with Crippen molar-refractivity contribution >= 4 is 18.0 Å². The van der Waals surface area contributed by atoms with Gasteiger partial charge in [-0.05, 0) is 80.9 Å². The van der Waals surface area contributed by atoms with Gasteiger partial charge in [-0.2, -0.15) is 0 Å². The zero-order valence-electron chi connectivity index (χ0n) is 27.5. The molecule has 0 aliphatic rings. The van der Waals surface area contributed by atoms with Gasteiger partial charge < -0.3 is 30.3 Å². The van der Waals surface area contributed by atoms with Crippen molar-refractivity contribution in [1.29, 1.82) is 0 Å². The van der Waals surface area contributed by atoms with Crippen molar-refractivity contribution in [3.05, 3.63) is 29.3 Å². The molecule has 0 aliphatic heterocycles. The standard InChI is InChI=1S/C33H56N2O7/c1-11-12-15-34-30(39)22(4)16-27(36)26(35-31(40)42-33(8,9)10)19-24(21(2)3)17-23-13-14-25(32(5,6)7)28(18-23)41-20-29(37)38/h13-14,18,21-22,24,26-27,36H,11-12,15-17,19-20H2,1-10H3,(H,34,39)(H,35,40)(H,37,38)/t22?,24-,26-,27-/m0/s1. The van der Waals surface area contributed by atoms with Gasteiger partial charge in [0.1, 0.15) is 11.4 Å². The van der Waals surface area contributed by atoms with Gasteiger partial charge in [-0.15, -0.1) is 0 Å². The Labute approximate surface area is 253 Å². The largest absolute Gasteiger partial charge is 0.482 e. The van der Waals surface area contributed by atoms with Gasteiger partial charge in [-0.3, -0.25) is 4.79 Å². The van der Waals surface area contributed by atoms with E-state index in [1.165, 1.54) is 0 Å². The second-order valence-electron chi connectivity index (χ2n) is 13.8. The lowest BCUT2D eigenvalue weighted by Crippen LogP contribution is -2.48. The van der Waals surface area contributed by atoms with Gasteiger partial charge in [0.25, 0.3) is 0 Å². The van der Waals surface area contributed by atoms with Gasteiger partial charge in [0.15, 0.2) is 6.61 Å². The minimum Gasteiger partial charge on any atom is -0.482 e. The maximum Gasteiger partial charge on any atom is 0.407 e. The number of ether oxygens (including phenoxy) is 2. The number of hydrogen-bond acceptors (Lipinski definition) is 6. The summed E-state index contributed by atoms with van der Waals surface area (Å²) in [5.41, 5.74) is 0.941. The van der Waals surface area contributed by atoms with Gasteiger partial charge in [0.05, 0.1) is 12.1 Å². The molecule has 1 unspecified atom stereocenters. The first-order valence-corrected chi connectivity index (χ1v) is 15.3. The fourth-order valence-electron chi connectivity index (χ4n) is 4.76. The minimum absolute atomic E-state index is 0.0427. The fourth-order valence-corrected chi connectivity index (χ4v) is 4.76. The Morgan fingerprint density at radius 2 is 1.64 bits per heavy atom. The maximum atomic E-state index is 12.8. The first kappa shape index (κ1) is 37.2. The van der Waals surface area contributed by atoms with Crippen molar-refractivity contribution in [3.8, 4) is 5.75 Å². The molecule has 1 aromatic carbocycles. The van der Waals surface area contributed by atoms with Crippen LogP contribution in [0.5, 0.6) is 5.75 Å². The second kappa shape index (κ2) is 16.7. The Morgan fingerprint density at radius 1 is 1.00 bits per heavy atom. The SMILES string of the molecule is CCCCNC(=O)C(C)C[C@H](O)[C@H](C[C@H](Cc1ccc(C(C)(C)C)c(OCC(=O)O)c1)C(C)C)NC(=O)OC(C)(C)C. The highest BCUT2D eigenvalue weighted by atomic mass is 16.6. The molecule has 4 atom stereocenters. The number of hydrogen-bond donors (Lipinski definition) is 4. The smallest absolute Gasteiger partial charge is 0.407 e. The molecule has 0 heterocycles. The number of nitrogens with one attached hydrogen (secondary N) is 2. The second-order valence-corrected chi connectivity index (χ2v) is 13.8. The number of carbonyl (C=O) groups is 3. The number of rotatable bonds is 16. The lowest BCUT2D eigenvalue weighted by atomic mass is 9.80. The molecule has 9 heteroatoms. The van der Waals surface area contributed by atoms with Crippen LogP contribution in [-0.4, -0.2) is 59.1 Å². The zero-order chi connectivity index (χ0) is 32.3. The third-order valence-corrected chi connectivity index (χ3v) is 7.24. The van der Waals surface area contributed by atoms with Crippen LogP contribution >= 0.6 is 0 Å². The number of amides is 2. The average molecular weight is 593 g/mol. The van der Waals surface area contributed by atoms with E-state index in [0.29, 0.717) is 25.1 Å². The number of unbranched alkanes of at least 4 members (excludes halogenated alkanes) is 1. The first-order chi connectivity index (χ1) is 19.3. The molecule has 0 aromatic heterocycles. The summed E-state index contributed by atoms with van der Waals surface area (Å²) < 4.78 is 11.2. The Bertz CT molecular complexity index is 1010. The van der Waals surface area contributed by atoms with Crippen LogP contribution in [0.1, 0.15) is 106 Å². The first-order valence-electron chi connectivity index (χ1n) is 15.3. The molecular formula is C33H56N2O7. The Morgan fingerprint density at radius 3 is 2.17 bits per heavy atom. The van der Waals surface area contributed by atoms with Crippen LogP contribution < -0.4 is 15.4 Å². The minimum atomic E-state index is -1.04. The lowest BCUT2D eigenvalue weighted by molar-refractivity contribution is -0.139. The Kier molecular flexibility index (Phi) is 14.8. The number of aliphatic carboxylic acids is 1. The quantitative estimate of drug-likeness (QED) is 0.177. The number of alkyl carbamates (subject to hydrolysis) is 1. The summed E-state index contributed by atoms with van der Waals surface area (Å²) in [6.07, 6.45) is 1.54. The normalized spacial score (nSPS) is 15.0. The molecule has 0 bridgehead atoms. The summed E-state index contributed by atoms with van der Waals surface area (Å²) in [4.78, 5) is 36.6. The van der Waals surface area contributed by atoms with Crippen molar-refractivity contribution in [3.63, 3.8) is 0 Å². The third kappa shape index (κ3) is 13.9. The van der Waals surface area contributed by atoms with Crippen LogP contribution in [0.15, 0.2) is 18.2 Å². The van der Waals surface area contributed by atoms with E-state index in [-0.39, 0.29) is 29.6 Å². The molecule has 4 N–H and O–H groups in total. The van der Waals surface area contributed by atoms with Crippen molar-refractivity contribution in [2.24, 2.45) is 17.8 Å². The molecule has 0 radical (unpaired) electrons. The summed E-state index contributed by atoms with van der Waals surface area (Å²) in [5.74, 6) is -0.820. The molecule has 240 valence electrons. The topological polar surface area (TPSA) is 134 Å². The van der Waals surface area contributed by atoms with E-state index >= 15 is 0 Å². The molecule has 0 fully saturated rings. The molecule has 0 saturated carbocycles. The van der Waals surface area contributed by atoms with Gasteiger partial charge in [0.2, 0.25) is 5.91 Å². The summed E-state index contributed by atoms with van der Waals surface area (Å²) in [6, 6.07) is 5.26. The Hall–Kier alpha value is -2.81. The predicted molar refractivity (Wildman–Crippen MR) is 166 cm³/mol. The Balaban J connectivity index is 3.23. The van der Waals surface area contributed by atoms with Crippen LogP contribution in [-0.2, 0) is 26.2 Å². The molecule has 0 spiro atoms. The number of carboxylic acid groups (broad SMARTS) is 1. The monoisotopic (exact) mass is 592 g/mol. The van der Waals surface area contributed by atoms with Gasteiger partial charge >= 0.3 is 12.1 Å².